The topological polar surface area (TPSA) is 40.8 Å². The second-order valence-corrected chi connectivity index (χ2v) is 5.62. The molecule has 1 aromatic heterocycles. The lowest BCUT2D eigenvalue weighted by molar-refractivity contribution is 0.174. The first-order valence-corrected chi connectivity index (χ1v) is 7.21. The van der Waals surface area contributed by atoms with Crippen molar-refractivity contribution in [3.8, 4) is 28.6 Å². The van der Waals surface area contributed by atoms with E-state index < -0.39 is 0 Å². The van der Waals surface area contributed by atoms with E-state index in [1.807, 2.05) is 36.4 Å². The van der Waals surface area contributed by atoms with E-state index in [9.17, 15) is 0 Å². The Balaban J connectivity index is 1.87. The number of halogens is 1. The molecule has 2 aromatic carbocycles. The normalized spacial score (nSPS) is 12.9. The molecule has 0 N–H and O–H groups in total. The lowest BCUT2D eigenvalue weighted by Crippen LogP contribution is -1.92. The summed E-state index contributed by atoms with van der Waals surface area (Å²) in [7, 11) is 1.63. The highest BCUT2D eigenvalue weighted by Gasteiger charge is 2.17. The summed E-state index contributed by atoms with van der Waals surface area (Å²) in [5, 5.41) is 0.980. The van der Waals surface area contributed by atoms with Crippen molar-refractivity contribution >= 4 is 26.9 Å². The summed E-state index contributed by atoms with van der Waals surface area (Å²) in [6.07, 6.45) is 0. The van der Waals surface area contributed by atoms with Crippen LogP contribution in [-0.4, -0.2) is 13.9 Å². The molecule has 0 aliphatic carbocycles. The fourth-order valence-electron chi connectivity index (χ4n) is 2.43. The number of furan rings is 1. The van der Waals surface area contributed by atoms with Gasteiger partial charge in [0.1, 0.15) is 5.76 Å². The Hall–Kier alpha value is -2.14. The number of rotatable bonds is 2. The molecular formula is C16H11BrO4. The minimum Gasteiger partial charge on any atom is -0.493 e. The molecule has 0 radical (unpaired) electrons. The highest BCUT2D eigenvalue weighted by Crippen LogP contribution is 2.39. The molecule has 3 aromatic rings. The van der Waals surface area contributed by atoms with Crippen molar-refractivity contribution in [3.63, 3.8) is 0 Å². The number of fused-ring (bicyclic) bond motifs is 2. The molecule has 1 aliphatic rings. The van der Waals surface area contributed by atoms with Crippen LogP contribution in [0.4, 0.5) is 0 Å². The zero-order valence-corrected chi connectivity index (χ0v) is 12.8. The fraction of sp³-hybridized carbons (Fsp3) is 0.125. The minimum atomic E-state index is 0.264. The first-order chi connectivity index (χ1) is 10.2. The minimum absolute atomic E-state index is 0.264. The molecule has 0 saturated carbocycles. The lowest BCUT2D eigenvalue weighted by atomic mass is 10.1. The Morgan fingerprint density at radius 2 is 1.90 bits per heavy atom. The van der Waals surface area contributed by atoms with Crippen molar-refractivity contribution in [3.05, 3.63) is 40.9 Å². The van der Waals surface area contributed by atoms with Crippen LogP contribution in [0.1, 0.15) is 0 Å². The summed E-state index contributed by atoms with van der Waals surface area (Å²) in [6.45, 7) is 0.264. The van der Waals surface area contributed by atoms with Gasteiger partial charge in [0.25, 0.3) is 0 Å². The van der Waals surface area contributed by atoms with Gasteiger partial charge in [-0.3, -0.25) is 0 Å². The van der Waals surface area contributed by atoms with E-state index in [1.54, 1.807) is 7.11 Å². The van der Waals surface area contributed by atoms with Gasteiger partial charge in [-0.25, -0.2) is 0 Å². The maximum absolute atomic E-state index is 5.95. The largest absolute Gasteiger partial charge is 0.493 e. The average Bonchev–Trinajstić information content (AvgIpc) is 3.11. The van der Waals surface area contributed by atoms with Crippen molar-refractivity contribution in [2.24, 2.45) is 0 Å². The second kappa shape index (κ2) is 4.70. The van der Waals surface area contributed by atoms with Crippen LogP contribution >= 0.6 is 15.9 Å². The van der Waals surface area contributed by atoms with E-state index in [2.05, 4.69) is 15.9 Å². The van der Waals surface area contributed by atoms with Crippen molar-refractivity contribution in [2.75, 3.05) is 13.9 Å². The van der Waals surface area contributed by atoms with Gasteiger partial charge in [0.15, 0.2) is 22.8 Å². The molecule has 5 heteroatoms. The smallest absolute Gasteiger partial charge is 0.231 e. The van der Waals surface area contributed by atoms with Crippen LogP contribution < -0.4 is 14.2 Å². The Bertz CT molecular complexity index is 838. The summed E-state index contributed by atoms with van der Waals surface area (Å²) in [5.74, 6) is 2.96. The Labute approximate surface area is 129 Å². The van der Waals surface area contributed by atoms with Gasteiger partial charge in [-0.1, -0.05) is 15.9 Å². The molecule has 4 rings (SSSR count). The van der Waals surface area contributed by atoms with E-state index in [4.69, 9.17) is 18.6 Å². The van der Waals surface area contributed by atoms with Crippen LogP contribution in [0.15, 0.2) is 45.3 Å². The average molecular weight is 347 g/mol. The van der Waals surface area contributed by atoms with Gasteiger partial charge in [-0.15, -0.1) is 0 Å². The third-order valence-corrected chi connectivity index (χ3v) is 3.88. The van der Waals surface area contributed by atoms with E-state index in [1.165, 1.54) is 0 Å². The van der Waals surface area contributed by atoms with Crippen molar-refractivity contribution in [1.82, 2.24) is 0 Å². The van der Waals surface area contributed by atoms with Crippen molar-refractivity contribution < 1.29 is 18.6 Å². The molecule has 21 heavy (non-hydrogen) atoms. The monoisotopic (exact) mass is 346 g/mol. The van der Waals surface area contributed by atoms with E-state index >= 15 is 0 Å². The van der Waals surface area contributed by atoms with Crippen LogP contribution in [0.5, 0.6) is 17.2 Å². The van der Waals surface area contributed by atoms with Gasteiger partial charge < -0.3 is 18.6 Å². The predicted octanol–water partition coefficient (Wildman–Crippen LogP) is 4.60. The van der Waals surface area contributed by atoms with Gasteiger partial charge in [0, 0.05) is 15.4 Å². The summed E-state index contributed by atoms with van der Waals surface area (Å²) >= 11 is 3.47. The molecule has 0 spiro atoms. The van der Waals surface area contributed by atoms with Gasteiger partial charge in [-0.2, -0.15) is 0 Å². The number of hydrogen-bond acceptors (Lipinski definition) is 4. The van der Waals surface area contributed by atoms with E-state index in [0.717, 1.165) is 38.3 Å². The number of methoxy groups -OCH3 is 1. The van der Waals surface area contributed by atoms with Crippen LogP contribution in [0.2, 0.25) is 0 Å². The first kappa shape index (κ1) is 12.6. The van der Waals surface area contributed by atoms with Gasteiger partial charge >= 0.3 is 0 Å². The van der Waals surface area contributed by atoms with Crippen LogP contribution in [0, 0.1) is 0 Å². The molecule has 106 valence electrons. The van der Waals surface area contributed by atoms with Gasteiger partial charge in [0.2, 0.25) is 6.79 Å². The van der Waals surface area contributed by atoms with Crippen molar-refractivity contribution in [1.29, 1.82) is 0 Å². The molecule has 4 nitrogen and oxygen atoms in total. The molecule has 0 unspecified atom stereocenters. The maximum Gasteiger partial charge on any atom is 0.231 e. The van der Waals surface area contributed by atoms with E-state index in [-0.39, 0.29) is 6.79 Å². The molecule has 0 fully saturated rings. The summed E-state index contributed by atoms with van der Waals surface area (Å²) in [4.78, 5) is 0. The highest BCUT2D eigenvalue weighted by atomic mass is 79.9. The standard InChI is InChI=1S/C16H11BrO4/c1-18-15-7-11(17)4-10-6-13(21-16(10)15)9-2-3-12-14(5-9)20-8-19-12/h2-7H,8H2,1H3. The predicted molar refractivity (Wildman–Crippen MR) is 82.0 cm³/mol. The zero-order chi connectivity index (χ0) is 14.4. The Morgan fingerprint density at radius 1 is 1.05 bits per heavy atom. The maximum atomic E-state index is 5.95. The zero-order valence-electron chi connectivity index (χ0n) is 11.2. The molecule has 0 atom stereocenters. The van der Waals surface area contributed by atoms with E-state index in [0.29, 0.717) is 5.75 Å². The lowest BCUT2D eigenvalue weighted by Gasteiger charge is -2.01. The van der Waals surface area contributed by atoms with Gasteiger partial charge in [-0.05, 0) is 36.4 Å². The van der Waals surface area contributed by atoms with Crippen LogP contribution in [-0.2, 0) is 0 Å². The van der Waals surface area contributed by atoms with Crippen molar-refractivity contribution in [2.45, 2.75) is 0 Å². The Morgan fingerprint density at radius 3 is 2.76 bits per heavy atom. The number of hydrogen-bond donors (Lipinski definition) is 0. The molecule has 0 amide bonds. The third kappa shape index (κ3) is 2.05. The fourth-order valence-corrected chi connectivity index (χ4v) is 2.88. The van der Waals surface area contributed by atoms with Crippen LogP contribution in [0.25, 0.3) is 22.3 Å². The molecule has 2 heterocycles. The quantitative estimate of drug-likeness (QED) is 0.679. The molecular weight excluding hydrogens is 336 g/mol. The second-order valence-electron chi connectivity index (χ2n) is 4.71. The number of ether oxygens (including phenoxy) is 3. The molecule has 0 saturated heterocycles. The Kier molecular flexibility index (Phi) is 2.82. The molecule has 1 aliphatic heterocycles. The van der Waals surface area contributed by atoms with Crippen LogP contribution in [0.3, 0.4) is 0 Å². The highest BCUT2D eigenvalue weighted by molar-refractivity contribution is 9.10. The van der Waals surface area contributed by atoms with Gasteiger partial charge in [0.05, 0.1) is 7.11 Å². The third-order valence-electron chi connectivity index (χ3n) is 3.42. The SMILES string of the molecule is COc1cc(Br)cc2cc(-c3ccc4c(c3)OCO4)oc12. The molecule has 0 bridgehead atoms. The summed E-state index contributed by atoms with van der Waals surface area (Å²) in [5.41, 5.74) is 1.67. The summed E-state index contributed by atoms with van der Waals surface area (Å²) in [6, 6.07) is 11.6. The summed E-state index contributed by atoms with van der Waals surface area (Å²) < 4.78 is 23.0. The number of benzene rings is 2. The first-order valence-electron chi connectivity index (χ1n) is 6.42.